The summed E-state index contributed by atoms with van der Waals surface area (Å²) in [7, 11) is 1.30. The zero-order valence-electron chi connectivity index (χ0n) is 10.6. The number of rotatable bonds is 5. The molecule has 0 saturated carbocycles. The average Bonchev–Trinajstić information content (AvgIpc) is 2.22. The molecule has 0 aromatic carbocycles. The van der Waals surface area contributed by atoms with Crippen LogP contribution in [0.15, 0.2) is 0 Å². The maximum atomic E-state index is 11.7. The summed E-state index contributed by atoms with van der Waals surface area (Å²) in [5.74, 6) is -0.764. The van der Waals surface area contributed by atoms with Gasteiger partial charge in [0.15, 0.2) is 0 Å². The highest BCUT2D eigenvalue weighted by Gasteiger charge is 2.27. The highest BCUT2D eigenvalue weighted by Crippen LogP contribution is 2.05. The van der Waals surface area contributed by atoms with Crippen molar-refractivity contribution in [2.75, 3.05) is 7.11 Å². The van der Waals surface area contributed by atoms with E-state index in [0.29, 0.717) is 0 Å². The van der Waals surface area contributed by atoms with Gasteiger partial charge in [0.1, 0.15) is 6.04 Å². The Labute approximate surface area is 96.7 Å². The largest absolute Gasteiger partial charge is 0.467 e. The summed E-state index contributed by atoms with van der Waals surface area (Å²) >= 11 is 0. The summed E-state index contributed by atoms with van der Waals surface area (Å²) in [6.45, 7) is 7.38. The molecule has 0 aliphatic carbocycles. The number of hydrogen-bond acceptors (Lipinski definition) is 4. The molecule has 94 valence electrons. The molecule has 0 radical (unpaired) electrons. The van der Waals surface area contributed by atoms with Gasteiger partial charge in [-0.3, -0.25) is 4.79 Å². The summed E-state index contributed by atoms with van der Waals surface area (Å²) in [6.07, 6.45) is 0. The average molecular weight is 230 g/mol. The summed E-state index contributed by atoms with van der Waals surface area (Å²) in [5.41, 5.74) is 5.69. The van der Waals surface area contributed by atoms with E-state index < -0.39 is 18.1 Å². The molecule has 0 heterocycles. The number of ether oxygens (including phenoxy) is 1. The lowest BCUT2D eigenvalue weighted by Gasteiger charge is -2.23. The van der Waals surface area contributed by atoms with Crippen LogP contribution in [0.4, 0.5) is 0 Å². The van der Waals surface area contributed by atoms with Gasteiger partial charge < -0.3 is 15.8 Å². The lowest BCUT2D eigenvalue weighted by atomic mass is 10.0. The van der Waals surface area contributed by atoms with Gasteiger partial charge in [-0.25, -0.2) is 4.79 Å². The van der Waals surface area contributed by atoms with E-state index in [-0.39, 0.29) is 17.7 Å². The summed E-state index contributed by atoms with van der Waals surface area (Å²) < 4.78 is 4.62. The van der Waals surface area contributed by atoms with Crippen molar-refractivity contribution in [3.05, 3.63) is 0 Å². The van der Waals surface area contributed by atoms with Gasteiger partial charge in [0.2, 0.25) is 5.91 Å². The number of hydrogen-bond donors (Lipinski definition) is 2. The molecule has 1 unspecified atom stereocenters. The van der Waals surface area contributed by atoms with Crippen LogP contribution in [0.2, 0.25) is 0 Å². The molecule has 0 spiro atoms. The van der Waals surface area contributed by atoms with Crippen molar-refractivity contribution in [3.63, 3.8) is 0 Å². The van der Waals surface area contributed by atoms with Gasteiger partial charge in [0, 0.05) is 0 Å². The number of esters is 1. The van der Waals surface area contributed by atoms with Gasteiger partial charge >= 0.3 is 5.97 Å². The number of amides is 1. The van der Waals surface area contributed by atoms with E-state index in [1.54, 1.807) is 0 Å². The van der Waals surface area contributed by atoms with Crippen LogP contribution in [0.25, 0.3) is 0 Å². The lowest BCUT2D eigenvalue weighted by molar-refractivity contribution is -0.146. The molecule has 1 amide bonds. The van der Waals surface area contributed by atoms with E-state index in [1.165, 1.54) is 7.11 Å². The van der Waals surface area contributed by atoms with E-state index >= 15 is 0 Å². The predicted octanol–water partition coefficient (Wildman–Crippen LogP) is 0.284. The second-order valence-electron chi connectivity index (χ2n) is 4.52. The molecule has 0 rings (SSSR count). The van der Waals surface area contributed by atoms with Crippen LogP contribution in [0.3, 0.4) is 0 Å². The number of nitrogens with two attached hydrogens (primary N) is 1. The summed E-state index contributed by atoms with van der Waals surface area (Å²) in [6, 6.07) is -1.24. The highest BCUT2D eigenvalue weighted by molar-refractivity contribution is 5.87. The van der Waals surface area contributed by atoms with E-state index in [2.05, 4.69) is 10.1 Å². The third-order valence-corrected chi connectivity index (χ3v) is 2.44. The standard InChI is InChI=1S/C11H22N2O3/c1-6(2)8(12)10(14)13-9(7(3)4)11(15)16-5/h6-9H,12H2,1-5H3,(H,13,14)/t8?,9-/m0/s1. The molecular weight excluding hydrogens is 208 g/mol. The smallest absolute Gasteiger partial charge is 0.328 e. The van der Waals surface area contributed by atoms with Crippen LogP contribution in [-0.4, -0.2) is 31.1 Å². The zero-order valence-corrected chi connectivity index (χ0v) is 10.6. The summed E-state index contributed by atoms with van der Waals surface area (Å²) in [5, 5.41) is 2.61. The first-order valence-electron chi connectivity index (χ1n) is 5.45. The Morgan fingerprint density at radius 2 is 1.62 bits per heavy atom. The maximum Gasteiger partial charge on any atom is 0.328 e. The fourth-order valence-corrected chi connectivity index (χ4v) is 1.18. The van der Waals surface area contributed by atoms with E-state index in [4.69, 9.17) is 5.73 Å². The molecule has 0 aliphatic rings. The quantitative estimate of drug-likeness (QED) is 0.665. The predicted molar refractivity (Wildman–Crippen MR) is 61.6 cm³/mol. The Morgan fingerprint density at radius 3 is 1.94 bits per heavy atom. The Balaban J connectivity index is 4.53. The third kappa shape index (κ3) is 4.18. The fourth-order valence-electron chi connectivity index (χ4n) is 1.18. The van der Waals surface area contributed by atoms with E-state index in [1.807, 2.05) is 27.7 Å². The Morgan fingerprint density at radius 1 is 1.12 bits per heavy atom. The number of methoxy groups -OCH3 is 1. The maximum absolute atomic E-state index is 11.7. The molecule has 3 N–H and O–H groups in total. The second-order valence-corrected chi connectivity index (χ2v) is 4.52. The van der Waals surface area contributed by atoms with Crippen molar-refractivity contribution in [3.8, 4) is 0 Å². The van der Waals surface area contributed by atoms with E-state index in [0.717, 1.165) is 0 Å². The van der Waals surface area contributed by atoms with Crippen molar-refractivity contribution in [2.24, 2.45) is 17.6 Å². The second kappa shape index (κ2) is 6.48. The van der Waals surface area contributed by atoms with E-state index in [9.17, 15) is 9.59 Å². The fraction of sp³-hybridized carbons (Fsp3) is 0.818. The first-order valence-corrected chi connectivity index (χ1v) is 5.45. The molecule has 5 heteroatoms. The normalized spacial score (nSPS) is 14.8. The number of carbonyl (C=O) groups excluding carboxylic acids is 2. The van der Waals surface area contributed by atoms with Crippen LogP contribution in [-0.2, 0) is 14.3 Å². The lowest BCUT2D eigenvalue weighted by Crippen LogP contribution is -2.52. The van der Waals surface area contributed by atoms with Gasteiger partial charge in [-0.05, 0) is 11.8 Å². The molecule has 0 fully saturated rings. The molecule has 0 saturated heterocycles. The molecule has 5 nitrogen and oxygen atoms in total. The summed E-state index contributed by atoms with van der Waals surface area (Å²) in [4.78, 5) is 23.1. The van der Waals surface area contributed by atoms with Crippen molar-refractivity contribution in [1.29, 1.82) is 0 Å². The number of nitrogens with one attached hydrogen (secondary N) is 1. The minimum Gasteiger partial charge on any atom is -0.467 e. The minimum atomic E-state index is -0.637. The van der Waals surface area contributed by atoms with Crippen molar-refractivity contribution in [1.82, 2.24) is 5.32 Å². The minimum absolute atomic E-state index is 0.0317. The first kappa shape index (κ1) is 14.9. The number of carbonyl (C=O) groups is 2. The van der Waals surface area contributed by atoms with Gasteiger partial charge in [-0.15, -0.1) is 0 Å². The third-order valence-electron chi connectivity index (χ3n) is 2.44. The highest BCUT2D eigenvalue weighted by atomic mass is 16.5. The van der Waals surface area contributed by atoms with Gasteiger partial charge in [0.25, 0.3) is 0 Å². The SMILES string of the molecule is COC(=O)[C@@H](NC(=O)C(N)C(C)C)C(C)C. The van der Waals surface area contributed by atoms with Crippen LogP contribution >= 0.6 is 0 Å². The molecule has 16 heavy (non-hydrogen) atoms. The molecule has 0 bridgehead atoms. The molecule has 0 aromatic heterocycles. The topological polar surface area (TPSA) is 81.4 Å². The Bertz CT molecular complexity index is 252. The van der Waals surface area contributed by atoms with Crippen molar-refractivity contribution in [2.45, 2.75) is 39.8 Å². The van der Waals surface area contributed by atoms with Crippen molar-refractivity contribution < 1.29 is 14.3 Å². The van der Waals surface area contributed by atoms with Gasteiger partial charge in [-0.2, -0.15) is 0 Å². The monoisotopic (exact) mass is 230 g/mol. The van der Waals surface area contributed by atoms with Crippen molar-refractivity contribution >= 4 is 11.9 Å². The van der Waals surface area contributed by atoms with Gasteiger partial charge in [0.05, 0.1) is 13.2 Å². The molecule has 0 aromatic rings. The molecular formula is C11H22N2O3. The van der Waals surface area contributed by atoms with Crippen LogP contribution in [0.1, 0.15) is 27.7 Å². The molecule has 2 atom stereocenters. The Hall–Kier alpha value is -1.10. The first-order chi connectivity index (χ1) is 7.31. The molecule has 0 aliphatic heterocycles. The van der Waals surface area contributed by atoms with Gasteiger partial charge in [-0.1, -0.05) is 27.7 Å². The van der Waals surface area contributed by atoms with Crippen LogP contribution in [0.5, 0.6) is 0 Å². The zero-order chi connectivity index (χ0) is 12.9. The Kier molecular flexibility index (Phi) is 6.03. The van der Waals surface area contributed by atoms with Crippen LogP contribution < -0.4 is 11.1 Å². The van der Waals surface area contributed by atoms with Crippen LogP contribution in [0, 0.1) is 11.8 Å².